The van der Waals surface area contributed by atoms with Crippen molar-refractivity contribution in [2.75, 3.05) is 13.1 Å². The molecule has 82 valence electrons. The van der Waals surface area contributed by atoms with E-state index in [1.807, 2.05) is 0 Å². The molecule has 1 aliphatic rings. The third-order valence-corrected chi connectivity index (χ3v) is 2.83. The molecule has 0 amide bonds. The van der Waals surface area contributed by atoms with E-state index in [0.717, 1.165) is 18.8 Å². The van der Waals surface area contributed by atoms with Gasteiger partial charge in [-0.1, -0.05) is 17.7 Å². The van der Waals surface area contributed by atoms with Gasteiger partial charge in [-0.2, -0.15) is 0 Å². The van der Waals surface area contributed by atoms with Crippen LogP contribution in [0.3, 0.4) is 0 Å². The molecular weight excluding hydrogens is 186 g/mol. The first-order valence-electron chi connectivity index (χ1n) is 5.78. The predicted octanol–water partition coefficient (Wildman–Crippen LogP) is 2.52. The van der Waals surface area contributed by atoms with Crippen molar-refractivity contribution in [2.45, 2.75) is 32.3 Å². The average Bonchev–Trinajstić information content (AvgIpc) is 2.50. The highest BCUT2D eigenvalue weighted by molar-refractivity contribution is 5.26. The van der Waals surface area contributed by atoms with Crippen LogP contribution in [0.4, 0.5) is 0 Å². The molecule has 0 saturated carbocycles. The summed E-state index contributed by atoms with van der Waals surface area (Å²) < 4.78 is 5.93. The molecule has 1 aliphatic heterocycles. The summed E-state index contributed by atoms with van der Waals surface area (Å²) in [7, 11) is 0. The summed E-state index contributed by atoms with van der Waals surface area (Å²) in [5.74, 6) is 0.995. The van der Waals surface area contributed by atoms with Gasteiger partial charge in [0.1, 0.15) is 11.9 Å². The lowest BCUT2D eigenvalue weighted by Crippen LogP contribution is -2.29. The predicted molar refractivity (Wildman–Crippen MR) is 62.3 cm³/mol. The Hall–Kier alpha value is -1.02. The summed E-state index contributed by atoms with van der Waals surface area (Å²) in [6, 6.07) is 8.30. The van der Waals surface area contributed by atoms with Gasteiger partial charge in [0.2, 0.25) is 0 Å². The van der Waals surface area contributed by atoms with Crippen molar-refractivity contribution in [1.82, 2.24) is 5.32 Å². The lowest BCUT2D eigenvalue weighted by atomic mass is 10.2. The highest BCUT2D eigenvalue weighted by Gasteiger charge is 2.12. The maximum absolute atomic E-state index is 5.93. The van der Waals surface area contributed by atoms with Crippen LogP contribution in [0.1, 0.15) is 24.8 Å². The molecule has 1 atom stereocenters. The summed E-state index contributed by atoms with van der Waals surface area (Å²) in [5, 5.41) is 3.40. The minimum Gasteiger partial charge on any atom is -0.489 e. The third kappa shape index (κ3) is 3.24. The van der Waals surface area contributed by atoms with Crippen molar-refractivity contribution >= 4 is 0 Å². The zero-order chi connectivity index (χ0) is 10.5. The van der Waals surface area contributed by atoms with Gasteiger partial charge in [-0.3, -0.25) is 0 Å². The first kappa shape index (κ1) is 10.5. The normalized spacial score (nSPS) is 22.1. The number of rotatable bonds is 2. The van der Waals surface area contributed by atoms with Crippen LogP contribution >= 0.6 is 0 Å². The van der Waals surface area contributed by atoms with E-state index >= 15 is 0 Å². The smallest absolute Gasteiger partial charge is 0.119 e. The van der Waals surface area contributed by atoms with Gasteiger partial charge < -0.3 is 10.1 Å². The van der Waals surface area contributed by atoms with Gasteiger partial charge in [0.05, 0.1) is 0 Å². The molecule has 1 fully saturated rings. The molecule has 0 spiro atoms. The minimum absolute atomic E-state index is 0.343. The highest BCUT2D eigenvalue weighted by Crippen LogP contribution is 2.16. The zero-order valence-electron chi connectivity index (χ0n) is 9.33. The van der Waals surface area contributed by atoms with Crippen molar-refractivity contribution in [3.63, 3.8) is 0 Å². The first-order valence-corrected chi connectivity index (χ1v) is 5.78. The van der Waals surface area contributed by atoms with Gasteiger partial charge >= 0.3 is 0 Å². The molecule has 1 aromatic carbocycles. The molecule has 0 radical (unpaired) electrons. The Bertz CT molecular complexity index is 286. The van der Waals surface area contributed by atoms with Crippen LogP contribution in [0.15, 0.2) is 24.3 Å². The van der Waals surface area contributed by atoms with Crippen molar-refractivity contribution in [2.24, 2.45) is 0 Å². The molecule has 1 saturated heterocycles. The van der Waals surface area contributed by atoms with Gasteiger partial charge in [0, 0.05) is 6.54 Å². The summed E-state index contributed by atoms with van der Waals surface area (Å²) in [5.41, 5.74) is 1.28. The van der Waals surface area contributed by atoms with Crippen LogP contribution in [-0.4, -0.2) is 19.2 Å². The summed E-state index contributed by atoms with van der Waals surface area (Å²) in [6.45, 7) is 4.21. The SMILES string of the molecule is Cc1ccc(OC2CCCCNC2)cc1. The van der Waals surface area contributed by atoms with Crippen LogP contribution in [0, 0.1) is 6.92 Å². The standard InChI is InChI=1S/C13H19NO/c1-11-5-7-12(8-6-11)15-13-4-2-3-9-14-10-13/h5-8,13-14H,2-4,9-10H2,1H3. The Labute approximate surface area is 91.6 Å². The van der Waals surface area contributed by atoms with Gasteiger partial charge in [0.25, 0.3) is 0 Å². The number of aryl methyl sites for hydroxylation is 1. The van der Waals surface area contributed by atoms with Gasteiger partial charge in [-0.05, 0) is 44.9 Å². The lowest BCUT2D eigenvalue weighted by molar-refractivity contribution is 0.194. The van der Waals surface area contributed by atoms with E-state index in [2.05, 4.69) is 36.5 Å². The minimum atomic E-state index is 0.343. The molecule has 1 heterocycles. The number of hydrogen-bond donors (Lipinski definition) is 1. The molecule has 1 aromatic rings. The fourth-order valence-electron chi connectivity index (χ4n) is 1.90. The molecule has 0 aromatic heterocycles. The van der Waals surface area contributed by atoms with E-state index in [4.69, 9.17) is 4.74 Å². The Morgan fingerprint density at radius 2 is 2.00 bits per heavy atom. The summed E-state index contributed by atoms with van der Waals surface area (Å²) in [4.78, 5) is 0. The van der Waals surface area contributed by atoms with Crippen LogP contribution in [-0.2, 0) is 0 Å². The molecule has 0 aliphatic carbocycles. The van der Waals surface area contributed by atoms with E-state index in [0.29, 0.717) is 6.10 Å². The maximum atomic E-state index is 5.93. The van der Waals surface area contributed by atoms with Crippen LogP contribution < -0.4 is 10.1 Å². The largest absolute Gasteiger partial charge is 0.489 e. The van der Waals surface area contributed by atoms with Crippen molar-refractivity contribution in [3.8, 4) is 5.75 Å². The van der Waals surface area contributed by atoms with E-state index in [1.165, 1.54) is 24.8 Å². The fourth-order valence-corrected chi connectivity index (χ4v) is 1.90. The second-order valence-corrected chi connectivity index (χ2v) is 4.25. The molecular formula is C13H19NO. The topological polar surface area (TPSA) is 21.3 Å². The average molecular weight is 205 g/mol. The molecule has 1 N–H and O–H groups in total. The molecule has 2 heteroatoms. The van der Waals surface area contributed by atoms with Crippen molar-refractivity contribution in [1.29, 1.82) is 0 Å². The molecule has 2 rings (SSSR count). The van der Waals surface area contributed by atoms with E-state index in [-0.39, 0.29) is 0 Å². The number of ether oxygens (including phenoxy) is 1. The van der Waals surface area contributed by atoms with E-state index < -0.39 is 0 Å². The Morgan fingerprint density at radius 3 is 2.80 bits per heavy atom. The molecule has 15 heavy (non-hydrogen) atoms. The lowest BCUT2D eigenvalue weighted by Gasteiger charge is -2.17. The van der Waals surface area contributed by atoms with Gasteiger partial charge in [-0.15, -0.1) is 0 Å². The molecule has 1 unspecified atom stereocenters. The fraction of sp³-hybridized carbons (Fsp3) is 0.538. The Kier molecular flexibility index (Phi) is 3.62. The Balaban J connectivity index is 1.92. The third-order valence-electron chi connectivity index (χ3n) is 2.83. The zero-order valence-corrected chi connectivity index (χ0v) is 9.33. The second kappa shape index (κ2) is 5.17. The molecule has 0 bridgehead atoms. The van der Waals surface area contributed by atoms with Gasteiger partial charge in [-0.25, -0.2) is 0 Å². The summed E-state index contributed by atoms with van der Waals surface area (Å²) in [6.07, 6.45) is 4.05. The number of benzene rings is 1. The van der Waals surface area contributed by atoms with Gasteiger partial charge in [0.15, 0.2) is 0 Å². The highest BCUT2D eigenvalue weighted by atomic mass is 16.5. The van der Waals surface area contributed by atoms with Crippen molar-refractivity contribution < 1.29 is 4.74 Å². The number of nitrogens with one attached hydrogen (secondary N) is 1. The second-order valence-electron chi connectivity index (χ2n) is 4.25. The van der Waals surface area contributed by atoms with Crippen molar-refractivity contribution in [3.05, 3.63) is 29.8 Å². The van der Waals surface area contributed by atoms with Crippen LogP contribution in [0.5, 0.6) is 5.75 Å². The van der Waals surface area contributed by atoms with E-state index in [9.17, 15) is 0 Å². The maximum Gasteiger partial charge on any atom is 0.119 e. The first-order chi connectivity index (χ1) is 7.34. The Morgan fingerprint density at radius 1 is 1.20 bits per heavy atom. The summed E-state index contributed by atoms with van der Waals surface area (Å²) >= 11 is 0. The molecule has 2 nitrogen and oxygen atoms in total. The van der Waals surface area contributed by atoms with E-state index in [1.54, 1.807) is 0 Å². The monoisotopic (exact) mass is 205 g/mol. The quantitative estimate of drug-likeness (QED) is 0.801. The van der Waals surface area contributed by atoms with Crippen LogP contribution in [0.2, 0.25) is 0 Å². The van der Waals surface area contributed by atoms with Crippen LogP contribution in [0.25, 0.3) is 0 Å². The number of hydrogen-bond acceptors (Lipinski definition) is 2.